The summed E-state index contributed by atoms with van der Waals surface area (Å²) in [6.07, 6.45) is 1.26. The number of rotatable bonds is 7. The van der Waals surface area contributed by atoms with E-state index in [1.807, 2.05) is 26.0 Å². The molecule has 0 saturated heterocycles. The first-order valence-electron chi connectivity index (χ1n) is 6.32. The number of hydrogen-bond acceptors (Lipinski definition) is 3. The van der Waals surface area contributed by atoms with Gasteiger partial charge in [-0.05, 0) is 44.5 Å². The maximum Gasteiger partial charge on any atom is 0.162 e. The molecule has 0 unspecified atom stereocenters. The van der Waals surface area contributed by atoms with Crippen LogP contribution in [0.25, 0.3) is 0 Å². The van der Waals surface area contributed by atoms with Crippen LogP contribution in [0, 0.1) is 0 Å². The summed E-state index contributed by atoms with van der Waals surface area (Å²) in [5.74, 6) is 1.55. The third-order valence-corrected chi connectivity index (χ3v) is 3.18. The zero-order valence-electron chi connectivity index (χ0n) is 11.5. The first kappa shape index (κ1) is 15.3. The Morgan fingerprint density at radius 1 is 1.28 bits per heavy atom. The normalized spacial score (nSPS) is 10.8. The van der Waals surface area contributed by atoms with E-state index < -0.39 is 0 Å². The second-order valence-electron chi connectivity index (χ2n) is 4.44. The van der Waals surface area contributed by atoms with Gasteiger partial charge in [-0.3, -0.25) is 0 Å². The van der Waals surface area contributed by atoms with Gasteiger partial charge < -0.3 is 14.8 Å². The fourth-order valence-electron chi connectivity index (χ4n) is 1.62. The van der Waals surface area contributed by atoms with Crippen molar-refractivity contribution in [3.63, 3.8) is 0 Å². The van der Waals surface area contributed by atoms with Crippen molar-refractivity contribution in [1.29, 1.82) is 0 Å². The number of ether oxygens (including phenoxy) is 2. The van der Waals surface area contributed by atoms with Gasteiger partial charge in [-0.25, -0.2) is 0 Å². The van der Waals surface area contributed by atoms with Gasteiger partial charge in [-0.1, -0.05) is 22.9 Å². The van der Waals surface area contributed by atoms with Crippen LogP contribution in [0.4, 0.5) is 0 Å². The van der Waals surface area contributed by atoms with Crippen molar-refractivity contribution >= 4 is 15.9 Å². The van der Waals surface area contributed by atoms with Crippen LogP contribution in [0.15, 0.2) is 16.6 Å². The highest BCUT2D eigenvalue weighted by atomic mass is 79.9. The molecule has 0 aromatic heterocycles. The van der Waals surface area contributed by atoms with Crippen LogP contribution in [0.3, 0.4) is 0 Å². The van der Waals surface area contributed by atoms with Crippen molar-refractivity contribution in [2.24, 2.45) is 0 Å². The molecule has 18 heavy (non-hydrogen) atoms. The molecule has 1 aromatic rings. The van der Waals surface area contributed by atoms with Crippen LogP contribution in [-0.2, 0) is 6.54 Å². The topological polar surface area (TPSA) is 30.5 Å². The Kier molecular flexibility index (Phi) is 6.50. The molecule has 0 amide bonds. The molecule has 1 N–H and O–H groups in total. The van der Waals surface area contributed by atoms with E-state index in [1.165, 1.54) is 5.56 Å². The van der Waals surface area contributed by atoms with Gasteiger partial charge in [-0.2, -0.15) is 0 Å². The molecule has 1 aromatic carbocycles. The third kappa shape index (κ3) is 4.50. The Balaban J connectivity index is 2.87. The van der Waals surface area contributed by atoms with Gasteiger partial charge in [0.2, 0.25) is 0 Å². The minimum atomic E-state index is 0.134. The molecule has 0 heterocycles. The maximum atomic E-state index is 5.72. The molecule has 4 heteroatoms. The maximum absolute atomic E-state index is 5.72. The summed E-state index contributed by atoms with van der Waals surface area (Å²) in [6, 6.07) is 3.99. The summed E-state index contributed by atoms with van der Waals surface area (Å²) in [5, 5.41) is 3.38. The molecular weight excluding hydrogens is 294 g/mol. The molecule has 102 valence electrons. The quantitative estimate of drug-likeness (QED) is 0.777. The van der Waals surface area contributed by atoms with Crippen LogP contribution in [-0.4, -0.2) is 19.8 Å². The van der Waals surface area contributed by atoms with Gasteiger partial charge in [-0.15, -0.1) is 0 Å². The molecule has 0 atom stereocenters. The Hall–Kier alpha value is -0.740. The fourth-order valence-corrected chi connectivity index (χ4v) is 2.08. The van der Waals surface area contributed by atoms with Crippen molar-refractivity contribution < 1.29 is 9.47 Å². The zero-order chi connectivity index (χ0) is 13.5. The van der Waals surface area contributed by atoms with Gasteiger partial charge in [0, 0.05) is 11.0 Å². The van der Waals surface area contributed by atoms with Crippen LogP contribution < -0.4 is 14.8 Å². The molecule has 0 bridgehead atoms. The molecule has 1 rings (SSSR count). The zero-order valence-corrected chi connectivity index (χ0v) is 13.1. The largest absolute Gasteiger partial charge is 0.493 e. The van der Waals surface area contributed by atoms with E-state index in [0.717, 1.165) is 35.5 Å². The highest BCUT2D eigenvalue weighted by Crippen LogP contribution is 2.34. The molecule has 0 radical (unpaired) electrons. The summed E-state index contributed by atoms with van der Waals surface area (Å²) in [6.45, 7) is 8.00. The number of halogens is 1. The van der Waals surface area contributed by atoms with Crippen molar-refractivity contribution in [2.75, 3.05) is 13.7 Å². The lowest BCUT2D eigenvalue weighted by Gasteiger charge is -2.16. The first-order valence-corrected chi connectivity index (χ1v) is 7.11. The Labute approximate surface area is 118 Å². The van der Waals surface area contributed by atoms with Crippen molar-refractivity contribution in [3.8, 4) is 11.5 Å². The smallest absolute Gasteiger partial charge is 0.162 e. The second kappa shape index (κ2) is 7.64. The highest BCUT2D eigenvalue weighted by Gasteiger charge is 2.11. The van der Waals surface area contributed by atoms with E-state index in [2.05, 4.69) is 28.2 Å². The Morgan fingerprint density at radius 2 is 2.00 bits per heavy atom. The minimum Gasteiger partial charge on any atom is -0.493 e. The molecule has 0 aliphatic carbocycles. The summed E-state index contributed by atoms with van der Waals surface area (Å²) in [7, 11) is 1.67. The van der Waals surface area contributed by atoms with Gasteiger partial charge in [0.15, 0.2) is 11.5 Å². The van der Waals surface area contributed by atoms with Crippen LogP contribution in [0.2, 0.25) is 0 Å². The minimum absolute atomic E-state index is 0.134. The average Bonchev–Trinajstić information content (AvgIpc) is 2.31. The standard InChI is InChI=1S/C14H22BrNO2/c1-5-6-16-9-11-7-13(17-4)14(8-12(11)15)18-10(2)3/h7-8,10,16H,5-6,9H2,1-4H3. The van der Waals surface area contributed by atoms with E-state index in [1.54, 1.807) is 7.11 Å². The van der Waals surface area contributed by atoms with Crippen molar-refractivity contribution in [2.45, 2.75) is 39.8 Å². The molecule has 0 aliphatic rings. The highest BCUT2D eigenvalue weighted by molar-refractivity contribution is 9.10. The lowest BCUT2D eigenvalue weighted by molar-refractivity contribution is 0.230. The first-order chi connectivity index (χ1) is 8.58. The van der Waals surface area contributed by atoms with E-state index >= 15 is 0 Å². The van der Waals surface area contributed by atoms with E-state index in [4.69, 9.17) is 9.47 Å². The fraction of sp³-hybridized carbons (Fsp3) is 0.571. The van der Waals surface area contributed by atoms with Crippen LogP contribution >= 0.6 is 15.9 Å². The predicted molar refractivity (Wildman–Crippen MR) is 78.5 cm³/mol. The van der Waals surface area contributed by atoms with E-state index in [0.29, 0.717) is 0 Å². The molecule has 0 fully saturated rings. The van der Waals surface area contributed by atoms with Gasteiger partial charge >= 0.3 is 0 Å². The Bertz CT molecular complexity index is 380. The molecule has 0 saturated carbocycles. The monoisotopic (exact) mass is 315 g/mol. The molecular formula is C14H22BrNO2. The van der Waals surface area contributed by atoms with Crippen molar-refractivity contribution in [3.05, 3.63) is 22.2 Å². The van der Waals surface area contributed by atoms with E-state index in [9.17, 15) is 0 Å². The summed E-state index contributed by atoms with van der Waals surface area (Å²) >= 11 is 3.58. The number of hydrogen-bond donors (Lipinski definition) is 1. The lowest BCUT2D eigenvalue weighted by atomic mass is 10.2. The third-order valence-electron chi connectivity index (χ3n) is 2.44. The summed E-state index contributed by atoms with van der Waals surface area (Å²) < 4.78 is 12.1. The summed E-state index contributed by atoms with van der Waals surface area (Å²) in [5.41, 5.74) is 1.18. The number of nitrogens with one attached hydrogen (secondary N) is 1. The Morgan fingerprint density at radius 3 is 2.56 bits per heavy atom. The molecule has 3 nitrogen and oxygen atoms in total. The van der Waals surface area contributed by atoms with Gasteiger partial charge in [0.1, 0.15) is 0 Å². The van der Waals surface area contributed by atoms with Crippen LogP contribution in [0.1, 0.15) is 32.8 Å². The van der Waals surface area contributed by atoms with Crippen molar-refractivity contribution in [1.82, 2.24) is 5.32 Å². The molecule has 0 spiro atoms. The lowest BCUT2D eigenvalue weighted by Crippen LogP contribution is -2.14. The SMILES string of the molecule is CCCNCc1cc(OC)c(OC(C)C)cc1Br. The molecule has 0 aliphatic heterocycles. The number of benzene rings is 1. The van der Waals surface area contributed by atoms with Crippen LogP contribution in [0.5, 0.6) is 11.5 Å². The van der Waals surface area contributed by atoms with Gasteiger partial charge in [0.25, 0.3) is 0 Å². The summed E-state index contributed by atoms with van der Waals surface area (Å²) in [4.78, 5) is 0. The van der Waals surface area contributed by atoms with E-state index in [-0.39, 0.29) is 6.10 Å². The number of methoxy groups -OCH3 is 1. The second-order valence-corrected chi connectivity index (χ2v) is 5.29. The van der Waals surface area contributed by atoms with Gasteiger partial charge in [0.05, 0.1) is 13.2 Å². The average molecular weight is 316 g/mol. The predicted octanol–water partition coefficient (Wildman–Crippen LogP) is 3.74.